The lowest BCUT2D eigenvalue weighted by molar-refractivity contribution is -0.138. The summed E-state index contributed by atoms with van der Waals surface area (Å²) in [4.78, 5) is 43.5. The fourth-order valence-corrected chi connectivity index (χ4v) is 4.46. The lowest BCUT2D eigenvalue weighted by Crippen LogP contribution is -2.53. The molecule has 2 aliphatic rings. The summed E-state index contributed by atoms with van der Waals surface area (Å²) < 4.78 is 0. The van der Waals surface area contributed by atoms with Gasteiger partial charge in [0.15, 0.2) is 0 Å². The normalized spacial score (nSPS) is 17.2. The second kappa shape index (κ2) is 10.0. The number of anilines is 1. The molecular formula is C24H27ClN4O3. The van der Waals surface area contributed by atoms with E-state index < -0.39 is 0 Å². The van der Waals surface area contributed by atoms with Crippen molar-refractivity contribution in [2.24, 2.45) is 5.92 Å². The molecule has 0 unspecified atom stereocenters. The van der Waals surface area contributed by atoms with Crippen LogP contribution in [0.2, 0.25) is 5.02 Å². The van der Waals surface area contributed by atoms with E-state index in [1.165, 1.54) is 0 Å². The van der Waals surface area contributed by atoms with E-state index in [0.29, 0.717) is 62.7 Å². The smallest absolute Gasteiger partial charge is 0.321 e. The van der Waals surface area contributed by atoms with Crippen LogP contribution in [0.25, 0.3) is 0 Å². The van der Waals surface area contributed by atoms with Crippen LogP contribution in [0.1, 0.15) is 23.2 Å². The standard InChI is InChI=1S/C24H27ClN4O3/c25-21-9-5-4-8-20(21)23(31)28-16-14-27(15-17-28)22(30)18-10-12-29(13-11-18)24(32)26-19-6-2-1-3-7-19/h1-9,18H,10-17H2,(H,26,32). The molecule has 0 bridgehead atoms. The molecule has 1 N–H and O–H groups in total. The number of hydrogen-bond acceptors (Lipinski definition) is 3. The van der Waals surface area contributed by atoms with Gasteiger partial charge in [-0.3, -0.25) is 9.59 Å². The van der Waals surface area contributed by atoms with Gasteiger partial charge in [0, 0.05) is 50.9 Å². The van der Waals surface area contributed by atoms with Gasteiger partial charge in [0.2, 0.25) is 5.91 Å². The number of carbonyl (C=O) groups excluding carboxylic acids is 3. The summed E-state index contributed by atoms with van der Waals surface area (Å²) in [7, 11) is 0. The van der Waals surface area contributed by atoms with Gasteiger partial charge in [0.05, 0.1) is 10.6 Å². The van der Waals surface area contributed by atoms with Crippen LogP contribution in [0.5, 0.6) is 0 Å². The molecule has 2 aromatic rings. The maximum absolute atomic E-state index is 13.0. The highest BCUT2D eigenvalue weighted by Gasteiger charge is 2.32. The van der Waals surface area contributed by atoms with Gasteiger partial charge in [-0.2, -0.15) is 0 Å². The fraction of sp³-hybridized carbons (Fsp3) is 0.375. The van der Waals surface area contributed by atoms with Crippen molar-refractivity contribution in [3.05, 3.63) is 65.2 Å². The number of urea groups is 1. The van der Waals surface area contributed by atoms with E-state index in [-0.39, 0.29) is 23.8 Å². The van der Waals surface area contributed by atoms with Crippen molar-refractivity contribution in [1.29, 1.82) is 0 Å². The molecule has 2 aromatic carbocycles. The van der Waals surface area contributed by atoms with Crippen LogP contribution in [0, 0.1) is 5.92 Å². The Morgan fingerprint density at radius 1 is 0.750 bits per heavy atom. The largest absolute Gasteiger partial charge is 0.339 e. The van der Waals surface area contributed by atoms with Crippen molar-refractivity contribution in [1.82, 2.24) is 14.7 Å². The molecule has 2 fully saturated rings. The number of halogens is 1. The zero-order chi connectivity index (χ0) is 22.5. The summed E-state index contributed by atoms with van der Waals surface area (Å²) in [6.07, 6.45) is 1.31. The van der Waals surface area contributed by atoms with Gasteiger partial charge >= 0.3 is 6.03 Å². The van der Waals surface area contributed by atoms with E-state index >= 15 is 0 Å². The van der Waals surface area contributed by atoms with Crippen molar-refractivity contribution < 1.29 is 14.4 Å². The number of piperidine rings is 1. The van der Waals surface area contributed by atoms with Crippen LogP contribution >= 0.6 is 11.6 Å². The lowest BCUT2D eigenvalue weighted by Gasteiger charge is -2.38. The summed E-state index contributed by atoms with van der Waals surface area (Å²) in [6, 6.07) is 16.3. The van der Waals surface area contributed by atoms with Crippen molar-refractivity contribution >= 4 is 35.1 Å². The van der Waals surface area contributed by atoms with Gasteiger partial charge in [-0.1, -0.05) is 41.9 Å². The van der Waals surface area contributed by atoms with E-state index in [1.54, 1.807) is 34.1 Å². The molecule has 32 heavy (non-hydrogen) atoms. The zero-order valence-corrected chi connectivity index (χ0v) is 18.6. The van der Waals surface area contributed by atoms with E-state index in [0.717, 1.165) is 5.69 Å². The molecule has 4 amide bonds. The molecule has 0 radical (unpaired) electrons. The molecule has 2 heterocycles. The molecule has 168 valence electrons. The van der Waals surface area contributed by atoms with E-state index in [4.69, 9.17) is 11.6 Å². The van der Waals surface area contributed by atoms with Crippen LogP contribution in [0.3, 0.4) is 0 Å². The minimum Gasteiger partial charge on any atom is -0.339 e. The Balaban J connectivity index is 1.24. The predicted molar refractivity (Wildman–Crippen MR) is 124 cm³/mol. The molecule has 0 saturated carbocycles. The Hall–Kier alpha value is -3.06. The summed E-state index contributed by atoms with van der Waals surface area (Å²) >= 11 is 6.15. The highest BCUT2D eigenvalue weighted by molar-refractivity contribution is 6.33. The Morgan fingerprint density at radius 2 is 1.34 bits per heavy atom. The van der Waals surface area contributed by atoms with Gasteiger partial charge in [-0.05, 0) is 37.1 Å². The third-order valence-electron chi connectivity index (χ3n) is 6.14. The van der Waals surface area contributed by atoms with Gasteiger partial charge in [-0.25, -0.2) is 4.79 Å². The average molecular weight is 455 g/mol. The Bertz CT molecular complexity index is 968. The Kier molecular flexibility index (Phi) is 6.95. The first-order chi connectivity index (χ1) is 15.5. The van der Waals surface area contributed by atoms with Crippen LogP contribution in [0.4, 0.5) is 10.5 Å². The number of benzene rings is 2. The number of nitrogens with one attached hydrogen (secondary N) is 1. The summed E-state index contributed by atoms with van der Waals surface area (Å²) in [5.41, 5.74) is 1.26. The van der Waals surface area contributed by atoms with Crippen LogP contribution in [-0.4, -0.2) is 71.8 Å². The minimum atomic E-state index is -0.131. The number of hydrogen-bond donors (Lipinski definition) is 1. The number of carbonyl (C=O) groups is 3. The number of para-hydroxylation sites is 1. The van der Waals surface area contributed by atoms with E-state index in [9.17, 15) is 14.4 Å². The van der Waals surface area contributed by atoms with E-state index in [1.807, 2.05) is 35.2 Å². The molecular weight excluding hydrogens is 428 g/mol. The molecule has 0 spiro atoms. The first-order valence-electron chi connectivity index (χ1n) is 11.0. The number of piperazine rings is 1. The maximum Gasteiger partial charge on any atom is 0.321 e. The molecule has 0 aliphatic carbocycles. The monoisotopic (exact) mass is 454 g/mol. The van der Waals surface area contributed by atoms with E-state index in [2.05, 4.69) is 5.32 Å². The van der Waals surface area contributed by atoms with Gasteiger partial charge in [-0.15, -0.1) is 0 Å². The molecule has 0 atom stereocenters. The van der Waals surface area contributed by atoms with Crippen molar-refractivity contribution in [2.45, 2.75) is 12.8 Å². The van der Waals surface area contributed by atoms with Crippen LogP contribution in [-0.2, 0) is 4.79 Å². The summed E-state index contributed by atoms with van der Waals surface area (Å²) in [6.45, 7) is 3.13. The molecule has 8 heteroatoms. The molecule has 0 aromatic heterocycles. The van der Waals surface area contributed by atoms with Gasteiger partial charge in [0.1, 0.15) is 0 Å². The van der Waals surface area contributed by atoms with Crippen molar-refractivity contribution in [2.75, 3.05) is 44.6 Å². The number of likely N-dealkylation sites (tertiary alicyclic amines) is 1. The maximum atomic E-state index is 13.0. The predicted octanol–water partition coefficient (Wildman–Crippen LogP) is 3.57. The van der Waals surface area contributed by atoms with Crippen LogP contribution < -0.4 is 5.32 Å². The average Bonchev–Trinajstić information content (AvgIpc) is 2.84. The number of nitrogens with zero attached hydrogens (tertiary/aromatic N) is 3. The Morgan fingerprint density at radius 3 is 2.00 bits per heavy atom. The third-order valence-corrected chi connectivity index (χ3v) is 6.47. The topological polar surface area (TPSA) is 73.0 Å². The molecule has 7 nitrogen and oxygen atoms in total. The quantitative estimate of drug-likeness (QED) is 0.770. The first-order valence-corrected chi connectivity index (χ1v) is 11.3. The number of amides is 4. The van der Waals surface area contributed by atoms with Crippen LogP contribution in [0.15, 0.2) is 54.6 Å². The zero-order valence-electron chi connectivity index (χ0n) is 17.9. The van der Waals surface area contributed by atoms with Gasteiger partial charge in [0.25, 0.3) is 5.91 Å². The number of rotatable bonds is 3. The minimum absolute atomic E-state index is 0.0819. The van der Waals surface area contributed by atoms with Crippen molar-refractivity contribution in [3.63, 3.8) is 0 Å². The molecule has 4 rings (SSSR count). The first kappa shape index (κ1) is 22.1. The lowest BCUT2D eigenvalue weighted by atomic mass is 9.95. The summed E-state index contributed by atoms with van der Waals surface area (Å²) in [5, 5.41) is 3.34. The second-order valence-corrected chi connectivity index (χ2v) is 8.56. The summed E-state index contributed by atoms with van der Waals surface area (Å²) in [5.74, 6) is -0.0556. The molecule has 2 aliphatic heterocycles. The van der Waals surface area contributed by atoms with Crippen molar-refractivity contribution in [3.8, 4) is 0 Å². The highest BCUT2D eigenvalue weighted by atomic mass is 35.5. The second-order valence-electron chi connectivity index (χ2n) is 8.15. The van der Waals surface area contributed by atoms with Gasteiger partial charge < -0.3 is 20.0 Å². The Labute approximate surface area is 192 Å². The SMILES string of the molecule is O=C(Nc1ccccc1)N1CCC(C(=O)N2CCN(C(=O)c3ccccc3Cl)CC2)CC1. The highest BCUT2D eigenvalue weighted by Crippen LogP contribution is 2.23. The molecule has 2 saturated heterocycles. The third kappa shape index (κ3) is 5.05. The fourth-order valence-electron chi connectivity index (χ4n) is 4.25.